The van der Waals surface area contributed by atoms with Crippen molar-refractivity contribution in [1.29, 1.82) is 0 Å². The molecule has 0 fully saturated rings. The first-order valence-electron chi connectivity index (χ1n) is 10.5. The van der Waals surface area contributed by atoms with Crippen molar-refractivity contribution in [3.05, 3.63) is 112 Å². The molecule has 0 N–H and O–H groups in total. The molecule has 0 radical (unpaired) electrons. The zero-order chi connectivity index (χ0) is 23.7. The Morgan fingerprint density at radius 2 is 1.71 bits per heavy atom. The second kappa shape index (κ2) is 8.67. The van der Waals surface area contributed by atoms with Gasteiger partial charge in [-0.15, -0.1) is 5.10 Å². The van der Waals surface area contributed by atoms with Gasteiger partial charge in [0, 0.05) is 29.4 Å². The van der Waals surface area contributed by atoms with Gasteiger partial charge in [0.25, 0.3) is 0 Å². The molecule has 0 unspecified atom stereocenters. The number of aromatic nitrogens is 5. The van der Waals surface area contributed by atoms with Gasteiger partial charge >= 0.3 is 0 Å². The van der Waals surface area contributed by atoms with Crippen molar-refractivity contribution in [2.75, 3.05) is 0 Å². The van der Waals surface area contributed by atoms with E-state index in [9.17, 15) is 14.0 Å². The highest BCUT2D eigenvalue weighted by molar-refractivity contribution is 6.06. The average Bonchev–Trinajstić information content (AvgIpc) is 3.34. The van der Waals surface area contributed by atoms with Crippen LogP contribution in [0.5, 0.6) is 0 Å². The molecule has 0 bridgehead atoms. The molecule has 3 aromatic carbocycles. The van der Waals surface area contributed by atoms with Crippen molar-refractivity contribution < 1.29 is 9.18 Å². The lowest BCUT2D eigenvalue weighted by Crippen LogP contribution is -2.13. The smallest absolute Gasteiger partial charge is 0.200 e. The Morgan fingerprint density at radius 1 is 0.971 bits per heavy atom. The first-order valence-corrected chi connectivity index (χ1v) is 10.5. The topological polar surface area (TPSA) is 82.7 Å². The molecule has 0 atom stereocenters. The minimum Gasteiger partial charge on any atom is -0.322 e. The van der Waals surface area contributed by atoms with Crippen molar-refractivity contribution in [2.24, 2.45) is 0 Å². The third-order valence-corrected chi connectivity index (χ3v) is 5.44. The summed E-state index contributed by atoms with van der Waals surface area (Å²) in [4.78, 5) is 26.0. The van der Waals surface area contributed by atoms with E-state index < -0.39 is 5.82 Å². The number of nitrogens with zero attached hydrogens (tertiary/aromatic N) is 5. The van der Waals surface area contributed by atoms with E-state index in [0.717, 1.165) is 5.56 Å². The van der Waals surface area contributed by atoms with Crippen molar-refractivity contribution in [3.8, 4) is 17.1 Å². The van der Waals surface area contributed by atoms with Gasteiger partial charge in [0.1, 0.15) is 5.82 Å². The van der Waals surface area contributed by atoms with Crippen LogP contribution in [0.3, 0.4) is 0 Å². The molecule has 8 heteroatoms. The summed E-state index contributed by atoms with van der Waals surface area (Å²) in [5.41, 5.74) is 2.82. The Morgan fingerprint density at radius 3 is 2.47 bits per heavy atom. The van der Waals surface area contributed by atoms with Crippen LogP contribution in [0.2, 0.25) is 0 Å². The minimum absolute atomic E-state index is 0.228. The quantitative estimate of drug-likeness (QED) is 0.291. The maximum Gasteiger partial charge on any atom is 0.200 e. The van der Waals surface area contributed by atoms with Gasteiger partial charge < -0.3 is 4.57 Å². The Balaban J connectivity index is 1.63. The molecule has 5 rings (SSSR count). The minimum atomic E-state index is -0.414. The average molecular weight is 451 g/mol. The van der Waals surface area contributed by atoms with Gasteiger partial charge in [0.15, 0.2) is 11.6 Å². The predicted octanol–water partition coefficient (Wildman–Crippen LogP) is 4.45. The summed E-state index contributed by atoms with van der Waals surface area (Å²) in [6, 6.07) is 20.0. The van der Waals surface area contributed by atoms with Crippen LogP contribution in [-0.2, 0) is 0 Å². The number of tetrazole rings is 1. The molecule has 5 aromatic rings. The number of benzene rings is 3. The molecular weight excluding hydrogens is 433 g/mol. The lowest BCUT2D eigenvalue weighted by molar-refractivity contribution is 0.104. The van der Waals surface area contributed by atoms with E-state index in [2.05, 4.69) is 15.5 Å². The molecule has 0 saturated heterocycles. The standard InChI is InChI=1S/C26H18FN5O2/c1-17-6-12-20(13-7-17)32-26(28-29-30-32)22-16-31(23-5-3-2-4-21(23)25(22)34)15-14-24(33)18-8-10-19(27)11-9-18/h2-16H,1H3/b15-14+. The van der Waals surface area contributed by atoms with Crippen molar-refractivity contribution in [3.63, 3.8) is 0 Å². The summed E-state index contributed by atoms with van der Waals surface area (Å²) in [6.45, 7) is 1.98. The number of aryl methyl sites for hydroxylation is 1. The van der Waals surface area contributed by atoms with Crippen LogP contribution in [0.1, 0.15) is 15.9 Å². The Labute approximate surface area is 193 Å². The monoisotopic (exact) mass is 451 g/mol. The number of allylic oxidation sites excluding steroid dienone is 1. The summed E-state index contributed by atoms with van der Waals surface area (Å²) >= 11 is 0. The fourth-order valence-electron chi connectivity index (χ4n) is 3.66. The SMILES string of the molecule is Cc1ccc(-n2nnnc2-c2cn(/C=C/C(=O)c3ccc(F)cc3)c3ccccc3c2=O)cc1. The summed E-state index contributed by atoms with van der Waals surface area (Å²) in [5.74, 6) is -0.427. The normalized spacial score (nSPS) is 11.4. The van der Waals surface area contributed by atoms with E-state index in [4.69, 9.17) is 0 Å². The van der Waals surface area contributed by atoms with E-state index >= 15 is 0 Å². The van der Waals surface area contributed by atoms with Crippen LogP contribution >= 0.6 is 0 Å². The maximum absolute atomic E-state index is 13.4. The predicted molar refractivity (Wildman–Crippen MR) is 127 cm³/mol. The van der Waals surface area contributed by atoms with Crippen LogP contribution in [0.4, 0.5) is 4.39 Å². The molecule has 0 amide bonds. The number of halogens is 1. The molecule has 0 spiro atoms. The molecule has 2 aromatic heterocycles. The zero-order valence-corrected chi connectivity index (χ0v) is 18.1. The lowest BCUT2D eigenvalue weighted by atomic mass is 10.1. The van der Waals surface area contributed by atoms with Crippen molar-refractivity contribution in [2.45, 2.75) is 6.92 Å². The molecule has 2 heterocycles. The molecule has 0 aliphatic rings. The fraction of sp³-hybridized carbons (Fsp3) is 0.0385. The molecule has 0 saturated carbocycles. The number of carbonyl (C=O) groups is 1. The van der Waals surface area contributed by atoms with E-state index in [1.54, 1.807) is 35.2 Å². The molecular formula is C26H18FN5O2. The number of hydrogen-bond acceptors (Lipinski definition) is 5. The molecule has 0 aliphatic heterocycles. The van der Waals surface area contributed by atoms with E-state index in [0.29, 0.717) is 22.2 Å². The van der Waals surface area contributed by atoms with Crippen LogP contribution < -0.4 is 5.43 Å². The van der Waals surface area contributed by atoms with Crippen LogP contribution in [0.25, 0.3) is 34.2 Å². The van der Waals surface area contributed by atoms with Crippen LogP contribution in [0.15, 0.2) is 89.9 Å². The molecule has 7 nitrogen and oxygen atoms in total. The van der Waals surface area contributed by atoms with Gasteiger partial charge in [0.05, 0.1) is 16.8 Å². The number of para-hydroxylation sites is 1. The number of ketones is 1. The van der Waals surface area contributed by atoms with Gasteiger partial charge in [-0.3, -0.25) is 9.59 Å². The highest BCUT2D eigenvalue weighted by Gasteiger charge is 2.17. The van der Waals surface area contributed by atoms with Gasteiger partial charge in [-0.05, 0) is 65.9 Å². The fourth-order valence-corrected chi connectivity index (χ4v) is 3.66. The second-order valence-corrected chi connectivity index (χ2v) is 7.73. The first kappa shape index (κ1) is 21.1. The van der Waals surface area contributed by atoms with Gasteiger partial charge in [-0.25, -0.2) is 4.39 Å². The summed E-state index contributed by atoms with van der Waals surface area (Å²) in [5, 5.41) is 12.4. The maximum atomic E-state index is 13.4. The lowest BCUT2D eigenvalue weighted by Gasteiger charge is -2.10. The molecule has 166 valence electrons. The largest absolute Gasteiger partial charge is 0.322 e. The summed E-state index contributed by atoms with van der Waals surface area (Å²) in [7, 11) is 0. The van der Waals surface area contributed by atoms with E-state index in [1.807, 2.05) is 37.3 Å². The van der Waals surface area contributed by atoms with Crippen LogP contribution in [0, 0.1) is 12.7 Å². The summed E-state index contributed by atoms with van der Waals surface area (Å²) in [6.07, 6.45) is 4.54. The second-order valence-electron chi connectivity index (χ2n) is 7.73. The first-order chi connectivity index (χ1) is 16.5. The molecule has 0 aliphatic carbocycles. The zero-order valence-electron chi connectivity index (χ0n) is 18.1. The number of rotatable bonds is 5. The van der Waals surface area contributed by atoms with Crippen molar-refractivity contribution >= 4 is 22.9 Å². The van der Waals surface area contributed by atoms with E-state index in [1.165, 1.54) is 35.0 Å². The number of pyridine rings is 1. The highest BCUT2D eigenvalue weighted by atomic mass is 19.1. The summed E-state index contributed by atoms with van der Waals surface area (Å²) < 4.78 is 16.4. The van der Waals surface area contributed by atoms with Crippen molar-refractivity contribution in [1.82, 2.24) is 24.8 Å². The van der Waals surface area contributed by atoms with Gasteiger partial charge in [0.2, 0.25) is 5.43 Å². The third-order valence-electron chi connectivity index (χ3n) is 5.44. The van der Waals surface area contributed by atoms with E-state index in [-0.39, 0.29) is 22.6 Å². The molecule has 34 heavy (non-hydrogen) atoms. The number of hydrogen-bond donors (Lipinski definition) is 0. The Kier molecular flexibility index (Phi) is 5.39. The van der Waals surface area contributed by atoms with Gasteiger partial charge in [-0.1, -0.05) is 29.8 Å². The number of fused-ring (bicyclic) bond motifs is 1. The Hall–Kier alpha value is -4.72. The van der Waals surface area contributed by atoms with Crippen LogP contribution in [-0.4, -0.2) is 30.6 Å². The highest BCUT2D eigenvalue weighted by Crippen LogP contribution is 2.21. The Bertz CT molecular complexity index is 1600. The van der Waals surface area contributed by atoms with Gasteiger partial charge in [-0.2, -0.15) is 4.68 Å². The number of carbonyl (C=O) groups excluding carboxylic acids is 1. The third kappa shape index (κ3) is 3.93.